The number of aliphatic hydroxyl groups is 1. The summed E-state index contributed by atoms with van der Waals surface area (Å²) in [6.07, 6.45) is 1.03. The van der Waals surface area contributed by atoms with Crippen LogP contribution in [0.3, 0.4) is 0 Å². The van der Waals surface area contributed by atoms with Gasteiger partial charge in [-0.1, -0.05) is 18.2 Å². The number of anilines is 1. The maximum absolute atomic E-state index is 14.3. The zero-order valence-electron chi connectivity index (χ0n) is 26.2. The van der Waals surface area contributed by atoms with E-state index in [-0.39, 0.29) is 35.6 Å². The highest BCUT2D eigenvalue weighted by molar-refractivity contribution is 7.18. The van der Waals surface area contributed by atoms with E-state index in [0.717, 1.165) is 29.7 Å². The van der Waals surface area contributed by atoms with Gasteiger partial charge in [-0.25, -0.2) is 4.79 Å². The van der Waals surface area contributed by atoms with E-state index >= 15 is 0 Å². The van der Waals surface area contributed by atoms with Gasteiger partial charge in [0, 0.05) is 31.9 Å². The quantitative estimate of drug-likeness (QED) is 0.388. The first-order chi connectivity index (χ1) is 21.1. The van der Waals surface area contributed by atoms with Crippen molar-refractivity contribution in [1.29, 1.82) is 0 Å². The van der Waals surface area contributed by atoms with E-state index in [0.29, 0.717) is 55.5 Å². The molecule has 0 spiro atoms. The molecule has 1 N–H and O–H groups in total. The van der Waals surface area contributed by atoms with Gasteiger partial charge in [0.05, 0.1) is 31.9 Å². The van der Waals surface area contributed by atoms with E-state index in [1.807, 2.05) is 24.3 Å². The number of thiophene rings is 1. The second-order valence-corrected chi connectivity index (χ2v) is 12.9. The molecule has 5 rings (SSSR count). The molecule has 11 nitrogen and oxygen atoms in total. The van der Waals surface area contributed by atoms with E-state index in [1.165, 1.54) is 4.90 Å². The number of carbonyl (C=O) groups excluding carboxylic acids is 3. The average Bonchev–Trinajstić information content (AvgIpc) is 3.67. The zero-order valence-corrected chi connectivity index (χ0v) is 27.0. The Bertz CT molecular complexity index is 1370. The first-order valence-corrected chi connectivity index (χ1v) is 16.2. The number of fused-ring (bicyclic) bond motifs is 1. The average molecular weight is 630 g/mol. The molecule has 2 fully saturated rings. The Morgan fingerprint density at radius 1 is 1.16 bits per heavy atom. The van der Waals surface area contributed by atoms with Crippen molar-refractivity contribution in [3.05, 3.63) is 45.8 Å². The molecule has 2 atom stereocenters. The first kappa shape index (κ1) is 32.2. The monoisotopic (exact) mass is 629 g/mol. The van der Waals surface area contributed by atoms with Gasteiger partial charge in [0.25, 0.3) is 5.91 Å². The Morgan fingerprint density at radius 2 is 1.84 bits per heavy atom. The Kier molecular flexibility index (Phi) is 9.83. The van der Waals surface area contributed by atoms with E-state index in [4.69, 9.17) is 18.9 Å². The summed E-state index contributed by atoms with van der Waals surface area (Å²) in [5.74, 6) is -0.650. The van der Waals surface area contributed by atoms with Crippen LogP contribution in [-0.2, 0) is 19.0 Å². The van der Waals surface area contributed by atoms with E-state index in [9.17, 15) is 19.5 Å². The normalized spacial score (nSPS) is 20.1. The Hall–Kier alpha value is -3.19. The number of hydrogen-bond donors (Lipinski definition) is 1. The largest absolute Gasteiger partial charge is 0.496 e. The third-order valence-corrected chi connectivity index (χ3v) is 9.99. The van der Waals surface area contributed by atoms with Crippen molar-refractivity contribution in [3.63, 3.8) is 0 Å². The molecule has 2 saturated heterocycles. The van der Waals surface area contributed by atoms with Crippen molar-refractivity contribution in [2.24, 2.45) is 0 Å². The fourth-order valence-electron chi connectivity index (χ4n) is 6.31. The summed E-state index contributed by atoms with van der Waals surface area (Å²) in [7, 11) is 1.60. The predicted octanol–water partition coefficient (Wildman–Crippen LogP) is 4.12. The molecule has 12 heteroatoms. The lowest BCUT2D eigenvalue weighted by Crippen LogP contribution is -2.67. The van der Waals surface area contributed by atoms with E-state index in [1.54, 1.807) is 44.6 Å². The third-order valence-electron chi connectivity index (χ3n) is 8.68. The van der Waals surface area contributed by atoms with Crippen LogP contribution >= 0.6 is 11.3 Å². The van der Waals surface area contributed by atoms with Crippen molar-refractivity contribution < 1.29 is 38.4 Å². The molecular formula is C32H43N3O8S. The topological polar surface area (TPSA) is 118 Å². The van der Waals surface area contributed by atoms with Gasteiger partial charge in [-0.3, -0.25) is 14.5 Å². The van der Waals surface area contributed by atoms with Gasteiger partial charge >= 0.3 is 5.97 Å². The summed E-state index contributed by atoms with van der Waals surface area (Å²) in [6.45, 7) is 9.45. The molecule has 0 bridgehead atoms. The smallest absolute Gasteiger partial charge is 0.348 e. The minimum absolute atomic E-state index is 0.0915. The Labute approximate surface area is 262 Å². The standard InChI is InChI=1S/C32H43N3O8S/c1-6-42-29(37)26-20(2)25-27(36)35(32(3,4)30(38)33-15-9-10-16-33)31(39)34(28(25)44-26)19-24(43-21-13-17-41-18-14-21)22-11-7-8-12-23(22)40-5/h7-8,11-12,21,24,31,39H,6,9-10,13-19H2,1-5H3/t24-,31?/m0/s1. The number of rotatable bonds is 10. The molecule has 44 heavy (non-hydrogen) atoms. The van der Waals surface area contributed by atoms with Crippen molar-refractivity contribution in [2.75, 3.05) is 51.5 Å². The van der Waals surface area contributed by atoms with Gasteiger partial charge in [0.15, 0.2) is 0 Å². The van der Waals surface area contributed by atoms with Crippen LogP contribution in [0.2, 0.25) is 0 Å². The van der Waals surface area contributed by atoms with Crippen LogP contribution in [0, 0.1) is 6.92 Å². The lowest BCUT2D eigenvalue weighted by molar-refractivity contribution is -0.146. The second kappa shape index (κ2) is 13.4. The molecule has 4 heterocycles. The molecule has 3 aliphatic heterocycles. The predicted molar refractivity (Wildman–Crippen MR) is 165 cm³/mol. The van der Waals surface area contributed by atoms with Gasteiger partial charge in [-0.15, -0.1) is 11.3 Å². The van der Waals surface area contributed by atoms with Crippen LogP contribution in [-0.4, -0.2) is 97.2 Å². The zero-order chi connectivity index (χ0) is 31.6. The van der Waals surface area contributed by atoms with Gasteiger partial charge in [-0.05, 0) is 65.0 Å². The number of methoxy groups -OCH3 is 1. The molecule has 1 unspecified atom stereocenters. The van der Waals surface area contributed by atoms with E-state index < -0.39 is 29.9 Å². The summed E-state index contributed by atoms with van der Waals surface area (Å²) in [5, 5.41) is 12.5. The molecule has 2 amide bonds. The maximum atomic E-state index is 14.3. The van der Waals surface area contributed by atoms with Gasteiger partial charge in [0.1, 0.15) is 27.3 Å². The summed E-state index contributed by atoms with van der Waals surface area (Å²) in [5.41, 5.74) is 0.135. The van der Waals surface area contributed by atoms with Crippen molar-refractivity contribution in [2.45, 2.75) is 77.5 Å². The summed E-state index contributed by atoms with van der Waals surface area (Å²) >= 11 is 1.11. The van der Waals surface area contributed by atoms with Gasteiger partial charge in [0.2, 0.25) is 12.3 Å². The molecular weight excluding hydrogens is 586 g/mol. The highest BCUT2D eigenvalue weighted by Crippen LogP contribution is 2.45. The molecule has 0 radical (unpaired) electrons. The maximum Gasteiger partial charge on any atom is 0.348 e. The number of aliphatic hydroxyl groups excluding tert-OH is 1. The van der Waals surface area contributed by atoms with Crippen LogP contribution in [0.5, 0.6) is 5.75 Å². The number of amides is 2. The number of carbonyl (C=O) groups is 3. The van der Waals surface area contributed by atoms with Crippen molar-refractivity contribution >= 4 is 34.1 Å². The van der Waals surface area contributed by atoms with Crippen LogP contribution in [0.1, 0.15) is 83.7 Å². The summed E-state index contributed by atoms with van der Waals surface area (Å²) in [6, 6.07) is 7.56. The van der Waals surface area contributed by atoms with Gasteiger partial charge in [-0.2, -0.15) is 0 Å². The molecule has 1 aromatic heterocycles. The number of hydrogen-bond acceptors (Lipinski definition) is 10. The highest BCUT2D eigenvalue weighted by atomic mass is 32.1. The molecule has 0 saturated carbocycles. The fourth-order valence-corrected chi connectivity index (χ4v) is 7.53. The third kappa shape index (κ3) is 6.04. The molecule has 2 aromatic rings. The molecule has 240 valence electrons. The number of benzene rings is 1. The first-order valence-electron chi connectivity index (χ1n) is 15.3. The van der Waals surface area contributed by atoms with E-state index in [2.05, 4.69) is 0 Å². The number of nitrogens with zero attached hydrogens (tertiary/aromatic N) is 3. The summed E-state index contributed by atoms with van der Waals surface area (Å²) < 4.78 is 23.3. The Morgan fingerprint density at radius 3 is 2.50 bits per heavy atom. The minimum Gasteiger partial charge on any atom is -0.496 e. The summed E-state index contributed by atoms with van der Waals surface area (Å²) in [4.78, 5) is 46.1. The van der Waals surface area contributed by atoms with Crippen LogP contribution in [0.4, 0.5) is 5.00 Å². The highest BCUT2D eigenvalue weighted by Gasteiger charge is 2.51. The second-order valence-electron chi connectivity index (χ2n) is 11.9. The minimum atomic E-state index is -1.51. The number of likely N-dealkylation sites (tertiary alicyclic amines) is 1. The SMILES string of the molecule is CCOC(=O)c1sc2c(c1C)C(=O)N(C(C)(C)C(=O)N1CCCC1)C(O)N2C[C@H](OC1CCOCC1)c1ccccc1OC. The number of para-hydroxylation sites is 1. The number of ether oxygens (including phenoxy) is 4. The van der Waals surface area contributed by atoms with Crippen LogP contribution < -0.4 is 9.64 Å². The van der Waals surface area contributed by atoms with Crippen molar-refractivity contribution in [1.82, 2.24) is 9.80 Å². The van der Waals surface area contributed by atoms with Crippen molar-refractivity contribution in [3.8, 4) is 5.75 Å². The van der Waals surface area contributed by atoms with Crippen LogP contribution in [0.25, 0.3) is 0 Å². The van der Waals surface area contributed by atoms with Gasteiger partial charge < -0.3 is 33.9 Å². The van der Waals surface area contributed by atoms with Crippen LogP contribution in [0.15, 0.2) is 24.3 Å². The fraction of sp³-hybridized carbons (Fsp3) is 0.594. The molecule has 0 aliphatic carbocycles. The molecule has 3 aliphatic rings. The molecule has 1 aromatic carbocycles. The lowest BCUT2D eigenvalue weighted by Gasteiger charge is -2.49. The Balaban J connectivity index is 1.60. The number of esters is 1. The lowest BCUT2D eigenvalue weighted by atomic mass is 9.96.